The molecule has 3 rings (SSSR count). The highest BCUT2D eigenvalue weighted by molar-refractivity contribution is 14.1. The van der Waals surface area contributed by atoms with Crippen molar-refractivity contribution < 1.29 is 0 Å². The molecule has 2 aromatic heterocycles. The van der Waals surface area contributed by atoms with Crippen LogP contribution in [-0.2, 0) is 6.54 Å². The predicted octanol–water partition coefficient (Wildman–Crippen LogP) is 3.08. The molecule has 84 valence electrons. The molecule has 0 saturated carbocycles. The first-order valence-electron chi connectivity index (χ1n) is 5.33. The number of aromatic nitrogens is 3. The molecule has 0 fully saturated rings. The first-order chi connectivity index (χ1) is 8.31. The van der Waals surface area contributed by atoms with Gasteiger partial charge >= 0.3 is 0 Å². The van der Waals surface area contributed by atoms with Gasteiger partial charge in [0.15, 0.2) is 0 Å². The van der Waals surface area contributed by atoms with E-state index in [1.54, 1.807) is 0 Å². The maximum absolute atomic E-state index is 4.31. The fourth-order valence-corrected chi connectivity index (χ4v) is 2.28. The Bertz CT molecular complexity index is 660. The SMILES string of the molecule is Ic1cnn(Cc2ccc3ncccc3c2)c1. The van der Waals surface area contributed by atoms with Gasteiger partial charge < -0.3 is 0 Å². The molecule has 17 heavy (non-hydrogen) atoms. The van der Waals surface area contributed by atoms with Crippen LogP contribution in [0.3, 0.4) is 0 Å². The molecule has 0 radical (unpaired) electrons. The lowest BCUT2D eigenvalue weighted by atomic mass is 10.1. The summed E-state index contributed by atoms with van der Waals surface area (Å²) in [6.45, 7) is 0.799. The topological polar surface area (TPSA) is 30.7 Å². The van der Waals surface area contributed by atoms with E-state index in [2.05, 4.69) is 56.9 Å². The quantitative estimate of drug-likeness (QED) is 0.674. The van der Waals surface area contributed by atoms with Crippen LogP contribution in [0.4, 0.5) is 0 Å². The molecule has 2 heterocycles. The zero-order valence-electron chi connectivity index (χ0n) is 9.05. The van der Waals surface area contributed by atoms with Crippen molar-refractivity contribution in [3.8, 4) is 0 Å². The first kappa shape index (κ1) is 10.7. The van der Waals surface area contributed by atoms with E-state index < -0.39 is 0 Å². The Labute approximate surface area is 113 Å². The molecule has 3 aromatic rings. The average Bonchev–Trinajstić information content (AvgIpc) is 2.75. The Kier molecular flexibility index (Phi) is 2.80. The van der Waals surface area contributed by atoms with Gasteiger partial charge in [0, 0.05) is 17.8 Å². The van der Waals surface area contributed by atoms with Crippen LogP contribution >= 0.6 is 22.6 Å². The number of hydrogen-bond donors (Lipinski definition) is 0. The van der Waals surface area contributed by atoms with E-state index in [1.807, 2.05) is 29.3 Å². The van der Waals surface area contributed by atoms with Gasteiger partial charge in [0.25, 0.3) is 0 Å². The predicted molar refractivity (Wildman–Crippen MR) is 75.8 cm³/mol. The summed E-state index contributed by atoms with van der Waals surface area (Å²) in [6.07, 6.45) is 5.72. The number of nitrogens with zero attached hydrogens (tertiary/aromatic N) is 3. The minimum Gasteiger partial charge on any atom is -0.267 e. The molecule has 4 heteroatoms. The van der Waals surface area contributed by atoms with Gasteiger partial charge in [-0.2, -0.15) is 5.10 Å². The molecule has 0 N–H and O–H groups in total. The largest absolute Gasteiger partial charge is 0.267 e. The number of rotatable bonds is 2. The summed E-state index contributed by atoms with van der Waals surface area (Å²) < 4.78 is 3.10. The van der Waals surface area contributed by atoms with Gasteiger partial charge in [0.1, 0.15) is 0 Å². The highest BCUT2D eigenvalue weighted by atomic mass is 127. The summed E-state index contributed by atoms with van der Waals surface area (Å²) in [5.41, 5.74) is 2.27. The van der Waals surface area contributed by atoms with E-state index in [4.69, 9.17) is 0 Å². The summed E-state index contributed by atoms with van der Waals surface area (Å²) in [5.74, 6) is 0. The van der Waals surface area contributed by atoms with Crippen LogP contribution in [0, 0.1) is 3.57 Å². The van der Waals surface area contributed by atoms with E-state index in [9.17, 15) is 0 Å². The fourth-order valence-electron chi connectivity index (χ4n) is 1.84. The van der Waals surface area contributed by atoms with Gasteiger partial charge in [0.2, 0.25) is 0 Å². The monoisotopic (exact) mass is 335 g/mol. The summed E-state index contributed by atoms with van der Waals surface area (Å²) in [7, 11) is 0. The molecule has 0 aliphatic carbocycles. The van der Waals surface area contributed by atoms with Gasteiger partial charge in [0.05, 0.1) is 21.8 Å². The Morgan fingerprint density at radius 1 is 1.24 bits per heavy atom. The minimum absolute atomic E-state index is 0.799. The first-order valence-corrected chi connectivity index (χ1v) is 6.41. The van der Waals surface area contributed by atoms with E-state index in [0.717, 1.165) is 15.6 Å². The summed E-state index contributed by atoms with van der Waals surface area (Å²) >= 11 is 2.26. The Morgan fingerprint density at radius 3 is 3.00 bits per heavy atom. The highest BCUT2D eigenvalue weighted by Crippen LogP contribution is 2.14. The normalized spacial score (nSPS) is 10.9. The lowest BCUT2D eigenvalue weighted by Crippen LogP contribution is -1.99. The molecular weight excluding hydrogens is 325 g/mol. The van der Waals surface area contributed by atoms with E-state index >= 15 is 0 Å². The van der Waals surface area contributed by atoms with E-state index in [-0.39, 0.29) is 0 Å². The van der Waals surface area contributed by atoms with E-state index in [0.29, 0.717) is 0 Å². The van der Waals surface area contributed by atoms with Gasteiger partial charge in [-0.3, -0.25) is 9.67 Å². The Balaban J connectivity index is 1.95. The molecule has 0 saturated heterocycles. The Morgan fingerprint density at radius 2 is 2.18 bits per heavy atom. The molecule has 0 bridgehead atoms. The van der Waals surface area contributed by atoms with Crippen molar-refractivity contribution in [2.45, 2.75) is 6.54 Å². The third-order valence-electron chi connectivity index (χ3n) is 2.61. The van der Waals surface area contributed by atoms with Gasteiger partial charge in [-0.25, -0.2) is 0 Å². The zero-order valence-corrected chi connectivity index (χ0v) is 11.2. The van der Waals surface area contributed by atoms with Crippen LogP contribution in [0.1, 0.15) is 5.56 Å². The number of fused-ring (bicyclic) bond motifs is 1. The summed E-state index contributed by atoms with van der Waals surface area (Å²) in [4.78, 5) is 4.31. The fraction of sp³-hybridized carbons (Fsp3) is 0.0769. The second kappa shape index (κ2) is 4.44. The smallest absolute Gasteiger partial charge is 0.0702 e. The zero-order chi connectivity index (χ0) is 11.7. The lowest BCUT2D eigenvalue weighted by Gasteiger charge is -2.03. The third kappa shape index (κ3) is 2.31. The second-order valence-corrected chi connectivity index (χ2v) is 5.13. The molecule has 0 aliphatic heterocycles. The average molecular weight is 335 g/mol. The molecule has 3 nitrogen and oxygen atoms in total. The molecule has 0 unspecified atom stereocenters. The molecule has 1 aromatic carbocycles. The molecule has 0 amide bonds. The summed E-state index contributed by atoms with van der Waals surface area (Å²) in [5, 5.41) is 5.46. The Hall–Kier alpha value is -1.43. The number of halogens is 1. The van der Waals surface area contributed by atoms with Crippen LogP contribution in [-0.4, -0.2) is 14.8 Å². The van der Waals surface area contributed by atoms with Crippen molar-refractivity contribution >= 4 is 33.5 Å². The number of hydrogen-bond acceptors (Lipinski definition) is 2. The van der Waals surface area contributed by atoms with Crippen molar-refractivity contribution in [1.29, 1.82) is 0 Å². The van der Waals surface area contributed by atoms with Crippen molar-refractivity contribution in [2.24, 2.45) is 0 Å². The molecular formula is C13H10IN3. The lowest BCUT2D eigenvalue weighted by molar-refractivity contribution is 0.687. The second-order valence-electron chi connectivity index (χ2n) is 3.89. The van der Waals surface area contributed by atoms with E-state index in [1.165, 1.54) is 10.9 Å². The van der Waals surface area contributed by atoms with Crippen LogP contribution in [0.2, 0.25) is 0 Å². The van der Waals surface area contributed by atoms with Gasteiger partial charge in [-0.1, -0.05) is 12.1 Å². The molecule has 0 spiro atoms. The van der Waals surface area contributed by atoms with Crippen molar-refractivity contribution in [2.75, 3.05) is 0 Å². The van der Waals surface area contributed by atoms with Crippen molar-refractivity contribution in [3.05, 3.63) is 58.1 Å². The van der Waals surface area contributed by atoms with Gasteiger partial charge in [-0.15, -0.1) is 0 Å². The summed E-state index contributed by atoms with van der Waals surface area (Å²) in [6, 6.07) is 10.4. The van der Waals surface area contributed by atoms with Crippen LogP contribution < -0.4 is 0 Å². The minimum atomic E-state index is 0.799. The van der Waals surface area contributed by atoms with Crippen molar-refractivity contribution in [1.82, 2.24) is 14.8 Å². The van der Waals surface area contributed by atoms with Crippen LogP contribution in [0.25, 0.3) is 10.9 Å². The number of pyridine rings is 1. The van der Waals surface area contributed by atoms with Crippen LogP contribution in [0.5, 0.6) is 0 Å². The maximum atomic E-state index is 4.31. The maximum Gasteiger partial charge on any atom is 0.0702 e. The number of benzene rings is 1. The van der Waals surface area contributed by atoms with Crippen LogP contribution in [0.15, 0.2) is 48.9 Å². The highest BCUT2D eigenvalue weighted by Gasteiger charge is 1.99. The molecule has 0 aliphatic rings. The van der Waals surface area contributed by atoms with Crippen molar-refractivity contribution in [3.63, 3.8) is 0 Å². The third-order valence-corrected chi connectivity index (χ3v) is 3.17. The molecule has 0 atom stereocenters. The van der Waals surface area contributed by atoms with Gasteiger partial charge in [-0.05, 0) is 46.4 Å². The standard InChI is InChI=1S/C13H10IN3/c14-12-7-16-17(9-12)8-10-3-4-13-11(6-10)2-1-5-15-13/h1-7,9H,8H2.